The number of nitrogens with zero attached hydrogens (tertiary/aromatic N) is 2. The third-order valence-corrected chi connectivity index (χ3v) is 2.49. The summed E-state index contributed by atoms with van der Waals surface area (Å²) in [6, 6.07) is 6.10. The molecule has 0 bridgehead atoms. The number of rotatable bonds is 3. The Hall–Kier alpha value is -1.06. The van der Waals surface area contributed by atoms with Crippen molar-refractivity contribution >= 4 is 17.1 Å². The summed E-state index contributed by atoms with van der Waals surface area (Å²) in [6.45, 7) is 0.938. The van der Waals surface area contributed by atoms with Crippen LogP contribution < -0.4 is 5.32 Å². The first kappa shape index (κ1) is 9.49. The zero-order valence-corrected chi connectivity index (χ0v) is 8.75. The van der Waals surface area contributed by atoms with Gasteiger partial charge < -0.3 is 5.32 Å². The van der Waals surface area contributed by atoms with Crippen LogP contribution in [0.1, 0.15) is 5.69 Å². The van der Waals surface area contributed by atoms with Crippen molar-refractivity contribution in [3.63, 3.8) is 0 Å². The van der Waals surface area contributed by atoms with Gasteiger partial charge in [-0.1, -0.05) is 6.07 Å². The number of likely N-dealkylation sites (N-methyl/N-ethyl adjacent to an activating group) is 1. The molecule has 0 aromatic carbocycles. The molecule has 74 valence electrons. The van der Waals surface area contributed by atoms with Crippen LogP contribution in [0.4, 0.5) is 0 Å². The van der Waals surface area contributed by atoms with E-state index in [9.17, 15) is 0 Å². The maximum Gasteiger partial charge on any atom is 0.207 e. The van der Waals surface area contributed by atoms with E-state index in [4.69, 9.17) is 11.6 Å². The molecule has 0 aliphatic rings. The first-order chi connectivity index (χ1) is 6.83. The zero-order valence-electron chi connectivity index (χ0n) is 8.00. The van der Waals surface area contributed by atoms with Crippen LogP contribution in [0.25, 0.3) is 5.52 Å². The van der Waals surface area contributed by atoms with Gasteiger partial charge >= 0.3 is 0 Å². The highest BCUT2D eigenvalue weighted by atomic mass is 35.5. The molecule has 2 aromatic heterocycles. The SMILES string of the molecule is CNCCc1cccc2cnc(Cl)n12. The summed E-state index contributed by atoms with van der Waals surface area (Å²) in [6.07, 6.45) is 2.73. The fourth-order valence-corrected chi connectivity index (χ4v) is 1.78. The van der Waals surface area contributed by atoms with Crippen LogP contribution in [-0.2, 0) is 6.42 Å². The van der Waals surface area contributed by atoms with Crippen LogP contribution in [0.3, 0.4) is 0 Å². The fourth-order valence-electron chi connectivity index (χ4n) is 1.52. The summed E-state index contributed by atoms with van der Waals surface area (Å²) in [5, 5.41) is 3.65. The number of imidazole rings is 1. The van der Waals surface area contributed by atoms with E-state index in [1.54, 1.807) is 6.20 Å². The number of pyridine rings is 1. The Morgan fingerprint density at radius 3 is 3.14 bits per heavy atom. The normalized spacial score (nSPS) is 11.0. The Morgan fingerprint density at radius 2 is 2.36 bits per heavy atom. The van der Waals surface area contributed by atoms with Crippen LogP contribution in [0.2, 0.25) is 5.28 Å². The van der Waals surface area contributed by atoms with Gasteiger partial charge in [-0.3, -0.25) is 4.40 Å². The van der Waals surface area contributed by atoms with E-state index in [2.05, 4.69) is 16.4 Å². The molecule has 2 aromatic rings. The Kier molecular flexibility index (Phi) is 2.70. The second kappa shape index (κ2) is 3.98. The number of hydrogen-bond acceptors (Lipinski definition) is 2. The van der Waals surface area contributed by atoms with Crippen molar-refractivity contribution in [3.05, 3.63) is 35.4 Å². The lowest BCUT2D eigenvalue weighted by molar-refractivity contribution is 0.767. The summed E-state index contributed by atoms with van der Waals surface area (Å²) in [7, 11) is 1.94. The lowest BCUT2D eigenvalue weighted by Gasteiger charge is -2.05. The molecule has 14 heavy (non-hydrogen) atoms. The minimum Gasteiger partial charge on any atom is -0.319 e. The molecule has 1 N–H and O–H groups in total. The first-order valence-electron chi connectivity index (χ1n) is 4.58. The van der Waals surface area contributed by atoms with E-state index in [1.165, 1.54) is 5.69 Å². The van der Waals surface area contributed by atoms with Crippen LogP contribution in [-0.4, -0.2) is 23.0 Å². The average Bonchev–Trinajstić information content (AvgIpc) is 2.58. The molecule has 0 saturated carbocycles. The molecule has 2 heterocycles. The predicted molar refractivity (Wildman–Crippen MR) is 57.8 cm³/mol. The number of nitrogens with one attached hydrogen (secondary N) is 1. The molecule has 0 aliphatic carbocycles. The lowest BCUT2D eigenvalue weighted by Crippen LogP contribution is -2.12. The summed E-state index contributed by atoms with van der Waals surface area (Å²) < 4.78 is 1.97. The number of aromatic nitrogens is 2. The average molecular weight is 210 g/mol. The van der Waals surface area contributed by atoms with Crippen molar-refractivity contribution in [3.8, 4) is 0 Å². The second-order valence-electron chi connectivity index (χ2n) is 3.16. The quantitative estimate of drug-likeness (QED) is 0.835. The molecule has 0 spiro atoms. The lowest BCUT2D eigenvalue weighted by atomic mass is 10.2. The summed E-state index contributed by atoms with van der Waals surface area (Å²) in [4.78, 5) is 4.07. The van der Waals surface area contributed by atoms with Gasteiger partial charge in [0.25, 0.3) is 0 Å². The smallest absolute Gasteiger partial charge is 0.207 e. The van der Waals surface area contributed by atoms with Gasteiger partial charge in [0.2, 0.25) is 5.28 Å². The minimum absolute atomic E-state index is 0.534. The third-order valence-electron chi connectivity index (χ3n) is 2.22. The van der Waals surface area contributed by atoms with E-state index in [0.29, 0.717) is 5.28 Å². The highest BCUT2D eigenvalue weighted by Gasteiger charge is 2.04. The van der Waals surface area contributed by atoms with Gasteiger partial charge in [-0.15, -0.1) is 0 Å². The molecule has 3 nitrogen and oxygen atoms in total. The van der Waals surface area contributed by atoms with Crippen LogP contribution >= 0.6 is 11.6 Å². The molecule has 0 unspecified atom stereocenters. The van der Waals surface area contributed by atoms with E-state index in [1.807, 2.05) is 23.6 Å². The standard InChI is InChI=1S/C10H12ClN3/c1-12-6-5-8-3-2-4-9-7-13-10(11)14(8)9/h2-4,7,12H,5-6H2,1H3. The van der Waals surface area contributed by atoms with Crippen molar-refractivity contribution in [1.29, 1.82) is 0 Å². The highest BCUT2D eigenvalue weighted by molar-refractivity contribution is 6.28. The van der Waals surface area contributed by atoms with E-state index >= 15 is 0 Å². The molecule has 0 radical (unpaired) electrons. The van der Waals surface area contributed by atoms with E-state index < -0.39 is 0 Å². The van der Waals surface area contributed by atoms with Crippen molar-refractivity contribution in [2.75, 3.05) is 13.6 Å². The van der Waals surface area contributed by atoms with Gasteiger partial charge in [-0.25, -0.2) is 4.98 Å². The van der Waals surface area contributed by atoms with Crippen LogP contribution in [0, 0.1) is 0 Å². The van der Waals surface area contributed by atoms with Gasteiger partial charge in [-0.2, -0.15) is 0 Å². The number of fused-ring (bicyclic) bond motifs is 1. The molecule has 0 fully saturated rings. The Balaban J connectivity index is 2.46. The summed E-state index contributed by atoms with van der Waals surface area (Å²) >= 11 is 5.99. The van der Waals surface area contributed by atoms with Gasteiger partial charge in [0.15, 0.2) is 0 Å². The van der Waals surface area contributed by atoms with Crippen molar-refractivity contribution in [1.82, 2.24) is 14.7 Å². The molecule has 0 amide bonds. The Morgan fingerprint density at radius 1 is 1.50 bits per heavy atom. The topological polar surface area (TPSA) is 29.3 Å². The van der Waals surface area contributed by atoms with Gasteiger partial charge in [-0.05, 0) is 30.8 Å². The van der Waals surface area contributed by atoms with Crippen LogP contribution in [0.5, 0.6) is 0 Å². The highest BCUT2D eigenvalue weighted by Crippen LogP contribution is 2.14. The van der Waals surface area contributed by atoms with Gasteiger partial charge in [0.1, 0.15) is 0 Å². The van der Waals surface area contributed by atoms with Crippen molar-refractivity contribution in [2.45, 2.75) is 6.42 Å². The number of halogens is 1. The van der Waals surface area contributed by atoms with Crippen molar-refractivity contribution < 1.29 is 0 Å². The predicted octanol–water partition coefficient (Wildman–Crippen LogP) is 1.75. The molecule has 4 heteroatoms. The number of hydrogen-bond donors (Lipinski definition) is 1. The zero-order chi connectivity index (χ0) is 9.97. The van der Waals surface area contributed by atoms with Gasteiger partial charge in [0, 0.05) is 18.7 Å². The molecule has 0 aliphatic heterocycles. The molecule has 0 atom stereocenters. The largest absolute Gasteiger partial charge is 0.319 e. The van der Waals surface area contributed by atoms with Crippen molar-refractivity contribution in [2.24, 2.45) is 0 Å². The first-order valence-corrected chi connectivity index (χ1v) is 4.96. The summed E-state index contributed by atoms with van der Waals surface area (Å²) in [5.74, 6) is 0. The molecule has 2 rings (SSSR count). The minimum atomic E-state index is 0.534. The molecular weight excluding hydrogens is 198 g/mol. The maximum atomic E-state index is 5.99. The second-order valence-corrected chi connectivity index (χ2v) is 3.50. The fraction of sp³-hybridized carbons (Fsp3) is 0.300. The molecular formula is C10H12ClN3. The van der Waals surface area contributed by atoms with Crippen LogP contribution in [0.15, 0.2) is 24.4 Å². The maximum absolute atomic E-state index is 5.99. The Labute approximate surface area is 87.7 Å². The van der Waals surface area contributed by atoms with Gasteiger partial charge in [0.05, 0.1) is 11.7 Å². The summed E-state index contributed by atoms with van der Waals surface area (Å²) in [5.41, 5.74) is 2.22. The van der Waals surface area contributed by atoms with E-state index in [-0.39, 0.29) is 0 Å². The monoisotopic (exact) mass is 209 g/mol. The third kappa shape index (κ3) is 1.61. The molecule has 0 saturated heterocycles. The van der Waals surface area contributed by atoms with E-state index in [0.717, 1.165) is 18.5 Å². The Bertz CT molecular complexity index is 436.